The van der Waals surface area contributed by atoms with Gasteiger partial charge in [0.05, 0.1) is 27.0 Å². The van der Waals surface area contributed by atoms with Gasteiger partial charge in [-0.15, -0.1) is 11.3 Å². The van der Waals surface area contributed by atoms with Gasteiger partial charge >= 0.3 is 0 Å². The number of aromatic nitrogens is 2. The number of nitrogens with one attached hydrogen (secondary N) is 3. The lowest BCUT2D eigenvalue weighted by Crippen LogP contribution is -2.15. The number of carbonyl (C=O) groups excluding carboxylic acids is 1. The highest BCUT2D eigenvalue weighted by atomic mass is 79.9. The molecule has 0 unspecified atom stereocenters. The number of thiophene rings is 1. The Bertz CT molecular complexity index is 987. The van der Waals surface area contributed by atoms with Crippen LogP contribution in [0.4, 0.5) is 17.2 Å². The number of carbonyl (C=O) groups is 1. The van der Waals surface area contributed by atoms with Crippen LogP contribution in [0.5, 0.6) is 0 Å². The molecule has 3 aromatic rings. The number of hydrogen-bond acceptors (Lipinski definition) is 7. The summed E-state index contributed by atoms with van der Waals surface area (Å²) < 4.78 is 0.873. The van der Waals surface area contributed by atoms with Crippen LogP contribution in [-0.4, -0.2) is 27.0 Å². The highest BCUT2D eigenvalue weighted by molar-refractivity contribution is 9.18. The largest absolute Gasteiger partial charge is 0.384 e. The molecule has 3 rings (SSSR count). The summed E-state index contributed by atoms with van der Waals surface area (Å²) >= 11 is 4.55. The van der Waals surface area contributed by atoms with Crippen LogP contribution in [0.25, 0.3) is 10.2 Å². The minimum Gasteiger partial charge on any atom is -0.384 e. The van der Waals surface area contributed by atoms with Gasteiger partial charge in [-0.1, -0.05) is 13.0 Å². The Kier molecular flexibility index (Phi) is 5.48. The van der Waals surface area contributed by atoms with E-state index < -0.39 is 0 Å². The fourth-order valence-corrected chi connectivity index (χ4v) is 3.85. The molecular weight excluding hydrogens is 416 g/mol. The number of fused-ring (bicyclic) bond motifs is 1. The van der Waals surface area contributed by atoms with Gasteiger partial charge in [0.1, 0.15) is 16.8 Å². The average Bonchev–Trinajstić information content (AvgIpc) is 3.05. The normalized spacial score (nSPS) is 10.7. The van der Waals surface area contributed by atoms with Gasteiger partial charge in [0.15, 0.2) is 0 Å². The maximum Gasteiger partial charge on any atom is 0.258 e. The molecule has 1 aromatic carbocycles. The van der Waals surface area contributed by atoms with Crippen molar-refractivity contribution in [1.29, 1.82) is 5.41 Å². The van der Waals surface area contributed by atoms with E-state index in [0.717, 1.165) is 18.7 Å². The zero-order valence-electron chi connectivity index (χ0n) is 14.0. The van der Waals surface area contributed by atoms with E-state index in [0.29, 0.717) is 32.8 Å². The molecule has 26 heavy (non-hydrogen) atoms. The van der Waals surface area contributed by atoms with Gasteiger partial charge in [0.2, 0.25) is 0 Å². The van der Waals surface area contributed by atoms with E-state index >= 15 is 0 Å². The first-order chi connectivity index (χ1) is 12.5. The molecule has 0 atom stereocenters. The average molecular weight is 433 g/mol. The highest BCUT2D eigenvalue weighted by Gasteiger charge is 2.18. The van der Waals surface area contributed by atoms with Crippen molar-refractivity contribution >= 4 is 65.2 Å². The van der Waals surface area contributed by atoms with Crippen LogP contribution >= 0.6 is 27.3 Å². The van der Waals surface area contributed by atoms with Crippen molar-refractivity contribution in [3.63, 3.8) is 0 Å². The van der Waals surface area contributed by atoms with Crippen molar-refractivity contribution in [3.05, 3.63) is 41.0 Å². The molecule has 7 nitrogen and oxygen atoms in total. The van der Waals surface area contributed by atoms with Crippen LogP contribution in [0.2, 0.25) is 0 Å². The molecule has 0 saturated heterocycles. The Morgan fingerprint density at radius 2 is 2.12 bits per heavy atom. The summed E-state index contributed by atoms with van der Waals surface area (Å²) in [4.78, 5) is 20.9. The smallest absolute Gasteiger partial charge is 0.258 e. The molecular formula is C17H17BrN6OS. The van der Waals surface area contributed by atoms with Crippen molar-refractivity contribution in [2.75, 3.05) is 22.9 Å². The first kappa shape index (κ1) is 18.3. The lowest BCUT2D eigenvalue weighted by atomic mass is 10.1. The minimum atomic E-state index is -0.308. The summed E-state index contributed by atoms with van der Waals surface area (Å²) in [6.45, 7) is 2.84. The van der Waals surface area contributed by atoms with Crippen molar-refractivity contribution < 1.29 is 4.79 Å². The maximum atomic E-state index is 12.8. The number of nitrogens with zero attached hydrogens (tertiary/aromatic N) is 2. The standard InChI is InChI=1S/C17H17BrN6OS/c1-2-6-21-10-4-3-5-11(12(10)15(18)19)24-17(25)9-7-26-14-13(9)22-8-23-16(14)20/h3-5,7-8,19,21H,2,6H2,1H3,(H,24,25)(H2,20,22,23). The molecule has 9 heteroatoms. The zero-order valence-corrected chi connectivity index (χ0v) is 16.4. The Hall–Kier alpha value is -2.52. The summed E-state index contributed by atoms with van der Waals surface area (Å²) in [6, 6.07) is 5.47. The predicted molar refractivity (Wildman–Crippen MR) is 111 cm³/mol. The number of benzene rings is 1. The second-order valence-corrected chi connectivity index (χ2v) is 7.18. The minimum absolute atomic E-state index is 0.189. The van der Waals surface area contributed by atoms with E-state index in [1.54, 1.807) is 11.4 Å². The van der Waals surface area contributed by atoms with Crippen LogP contribution in [0, 0.1) is 5.41 Å². The number of rotatable bonds is 6. The van der Waals surface area contributed by atoms with Crippen molar-refractivity contribution in [2.45, 2.75) is 13.3 Å². The summed E-state index contributed by atoms with van der Waals surface area (Å²) in [7, 11) is 0. The van der Waals surface area contributed by atoms with Gasteiger partial charge in [-0.2, -0.15) is 0 Å². The van der Waals surface area contributed by atoms with Gasteiger partial charge in [-0.05, 0) is 34.5 Å². The van der Waals surface area contributed by atoms with Crippen LogP contribution in [-0.2, 0) is 0 Å². The third-order valence-electron chi connectivity index (χ3n) is 3.72. The number of halogens is 1. The van der Waals surface area contributed by atoms with E-state index in [9.17, 15) is 4.79 Å². The summed E-state index contributed by atoms with van der Waals surface area (Å²) in [5.74, 6) is 0.0460. The fraction of sp³-hybridized carbons (Fsp3) is 0.176. The molecule has 0 aliphatic rings. The van der Waals surface area contributed by atoms with E-state index in [1.807, 2.05) is 12.1 Å². The topological polar surface area (TPSA) is 117 Å². The first-order valence-electron chi connectivity index (χ1n) is 7.93. The molecule has 2 aromatic heterocycles. The van der Waals surface area contributed by atoms with Crippen LogP contribution < -0.4 is 16.4 Å². The van der Waals surface area contributed by atoms with E-state index in [-0.39, 0.29) is 10.5 Å². The fourth-order valence-electron chi connectivity index (χ4n) is 2.52. The summed E-state index contributed by atoms with van der Waals surface area (Å²) in [5, 5.41) is 15.9. The Morgan fingerprint density at radius 1 is 1.35 bits per heavy atom. The van der Waals surface area contributed by atoms with Gasteiger partial charge in [0, 0.05) is 17.6 Å². The first-order valence-corrected chi connectivity index (χ1v) is 9.60. The number of hydrogen-bond donors (Lipinski definition) is 4. The molecule has 5 N–H and O–H groups in total. The Balaban J connectivity index is 1.96. The van der Waals surface area contributed by atoms with Crippen molar-refractivity contribution in [1.82, 2.24) is 9.97 Å². The van der Waals surface area contributed by atoms with Crippen LogP contribution in [0.3, 0.4) is 0 Å². The van der Waals surface area contributed by atoms with Gasteiger partial charge in [-0.25, -0.2) is 9.97 Å². The second-order valence-electron chi connectivity index (χ2n) is 5.51. The Morgan fingerprint density at radius 3 is 2.85 bits per heavy atom. The zero-order chi connectivity index (χ0) is 18.7. The number of anilines is 3. The maximum absolute atomic E-state index is 12.8. The number of nitrogen functional groups attached to an aromatic ring is 1. The highest BCUT2D eigenvalue weighted by Crippen LogP contribution is 2.30. The summed E-state index contributed by atoms with van der Waals surface area (Å²) in [6.07, 6.45) is 2.30. The molecule has 0 aliphatic carbocycles. The van der Waals surface area contributed by atoms with Crippen LogP contribution in [0.1, 0.15) is 29.3 Å². The SMILES string of the molecule is CCCNc1cccc(NC(=O)c2csc3c(N)ncnc23)c1C(=N)Br. The third-order valence-corrected chi connectivity index (χ3v) is 5.11. The third kappa shape index (κ3) is 3.54. The molecule has 0 fully saturated rings. The van der Waals surface area contributed by atoms with Gasteiger partial charge < -0.3 is 16.4 Å². The molecule has 0 spiro atoms. The molecule has 0 radical (unpaired) electrons. The molecule has 0 bridgehead atoms. The number of nitrogens with two attached hydrogens (primary N) is 1. The lowest BCUT2D eigenvalue weighted by molar-refractivity contribution is 0.102. The van der Waals surface area contributed by atoms with E-state index in [1.165, 1.54) is 17.7 Å². The molecule has 2 heterocycles. The van der Waals surface area contributed by atoms with Crippen molar-refractivity contribution in [2.24, 2.45) is 0 Å². The number of amides is 1. The molecule has 0 saturated carbocycles. The Labute approximate surface area is 162 Å². The molecule has 134 valence electrons. The lowest BCUT2D eigenvalue weighted by Gasteiger charge is -2.15. The monoisotopic (exact) mass is 432 g/mol. The van der Waals surface area contributed by atoms with Gasteiger partial charge in [0.25, 0.3) is 5.91 Å². The summed E-state index contributed by atoms with van der Waals surface area (Å²) in [5.41, 5.74) is 8.72. The quantitative estimate of drug-likeness (QED) is 0.438. The molecule has 1 amide bonds. The predicted octanol–water partition coefficient (Wildman–Crippen LogP) is 4.07. The second kappa shape index (κ2) is 7.79. The van der Waals surface area contributed by atoms with Gasteiger partial charge in [-0.3, -0.25) is 10.2 Å². The van der Waals surface area contributed by atoms with Crippen LogP contribution in [0.15, 0.2) is 29.9 Å². The van der Waals surface area contributed by atoms with E-state index in [2.05, 4.69) is 43.5 Å². The molecule has 0 aliphatic heterocycles. The van der Waals surface area contributed by atoms with Crippen molar-refractivity contribution in [3.8, 4) is 0 Å². The van der Waals surface area contributed by atoms with E-state index in [4.69, 9.17) is 11.1 Å².